The van der Waals surface area contributed by atoms with Gasteiger partial charge in [0.25, 0.3) is 0 Å². The van der Waals surface area contributed by atoms with Crippen LogP contribution in [0.2, 0.25) is 0 Å². The summed E-state index contributed by atoms with van der Waals surface area (Å²) in [5.41, 5.74) is 6.91. The van der Waals surface area contributed by atoms with Gasteiger partial charge in [-0.15, -0.1) is 11.3 Å². The molecule has 0 spiro atoms. The van der Waals surface area contributed by atoms with Crippen molar-refractivity contribution in [3.8, 4) is 0 Å². The number of likely N-dealkylation sites (N-methyl/N-ethyl adjacent to an activating group) is 1. The quantitative estimate of drug-likeness (QED) is 0.729. The average molecular weight is 212 g/mol. The fraction of sp³-hybridized carbons (Fsp3) is 0.444. The number of carbonyl (C=O) groups is 1. The Labute approximate surface area is 85.9 Å². The van der Waals surface area contributed by atoms with Crippen molar-refractivity contribution in [1.29, 1.82) is 0 Å². The number of carboxylic acid groups (broad SMARTS) is 1. The number of aromatic carboxylic acids is 1. The Morgan fingerprint density at radius 2 is 2.36 bits per heavy atom. The van der Waals surface area contributed by atoms with Crippen LogP contribution in [0.25, 0.3) is 0 Å². The standard InChI is InChI=1S/C9H12N2O2S/c1-11-3-2-6-5(4-11)7(9(12)13)8(10)14-6/h2-4,10H2,1H3,(H,12,13). The van der Waals surface area contributed by atoms with Gasteiger partial charge in [0.15, 0.2) is 0 Å². The first-order valence-corrected chi connectivity index (χ1v) is 5.23. The molecule has 0 amide bonds. The molecule has 0 radical (unpaired) electrons. The normalized spacial score (nSPS) is 16.6. The molecule has 0 saturated carbocycles. The van der Waals surface area contributed by atoms with E-state index in [4.69, 9.17) is 10.8 Å². The molecule has 0 aromatic carbocycles. The van der Waals surface area contributed by atoms with Crippen LogP contribution in [0.1, 0.15) is 20.8 Å². The molecule has 0 bridgehead atoms. The second-order valence-electron chi connectivity index (χ2n) is 3.54. The molecule has 76 valence electrons. The summed E-state index contributed by atoms with van der Waals surface area (Å²) in [7, 11) is 1.99. The molecule has 2 heterocycles. The van der Waals surface area contributed by atoms with Crippen molar-refractivity contribution in [1.82, 2.24) is 4.90 Å². The minimum atomic E-state index is -0.907. The zero-order valence-electron chi connectivity index (χ0n) is 7.91. The number of hydrogen-bond acceptors (Lipinski definition) is 4. The van der Waals surface area contributed by atoms with Gasteiger partial charge in [0.2, 0.25) is 0 Å². The topological polar surface area (TPSA) is 66.6 Å². The van der Waals surface area contributed by atoms with E-state index in [9.17, 15) is 4.79 Å². The van der Waals surface area contributed by atoms with Crippen LogP contribution in [-0.2, 0) is 13.0 Å². The summed E-state index contributed by atoms with van der Waals surface area (Å²) >= 11 is 1.42. The smallest absolute Gasteiger partial charge is 0.339 e. The van der Waals surface area contributed by atoms with Gasteiger partial charge in [-0.2, -0.15) is 0 Å². The third-order valence-corrected chi connectivity index (χ3v) is 3.60. The fourth-order valence-electron chi connectivity index (χ4n) is 1.78. The summed E-state index contributed by atoms with van der Waals surface area (Å²) in [4.78, 5) is 14.2. The Hall–Kier alpha value is -1.07. The molecular weight excluding hydrogens is 200 g/mol. The minimum Gasteiger partial charge on any atom is -0.478 e. The summed E-state index contributed by atoms with van der Waals surface area (Å²) in [6.45, 7) is 1.68. The van der Waals surface area contributed by atoms with E-state index in [2.05, 4.69) is 4.90 Å². The van der Waals surface area contributed by atoms with E-state index in [1.165, 1.54) is 11.3 Å². The maximum atomic E-state index is 11.0. The molecule has 0 fully saturated rings. The van der Waals surface area contributed by atoms with Crippen molar-refractivity contribution in [2.75, 3.05) is 19.3 Å². The average Bonchev–Trinajstić information content (AvgIpc) is 2.40. The number of anilines is 1. The maximum absolute atomic E-state index is 11.0. The molecule has 1 aromatic heterocycles. The number of nitrogen functional groups attached to an aromatic ring is 1. The van der Waals surface area contributed by atoms with Gasteiger partial charge in [-0.25, -0.2) is 4.79 Å². The molecule has 0 unspecified atom stereocenters. The number of carboxylic acids is 1. The molecular formula is C9H12N2O2S. The Kier molecular flexibility index (Phi) is 2.20. The summed E-state index contributed by atoms with van der Waals surface area (Å²) in [5, 5.41) is 9.45. The first kappa shape index (κ1) is 9.48. The van der Waals surface area contributed by atoms with E-state index in [1.54, 1.807) is 0 Å². The summed E-state index contributed by atoms with van der Waals surface area (Å²) < 4.78 is 0. The van der Waals surface area contributed by atoms with Gasteiger partial charge in [0.05, 0.1) is 5.56 Å². The van der Waals surface area contributed by atoms with Gasteiger partial charge < -0.3 is 15.7 Å². The first-order chi connectivity index (χ1) is 6.59. The Morgan fingerprint density at radius 1 is 1.64 bits per heavy atom. The van der Waals surface area contributed by atoms with Crippen LogP contribution in [0.5, 0.6) is 0 Å². The molecule has 14 heavy (non-hydrogen) atoms. The second kappa shape index (κ2) is 3.25. The summed E-state index contributed by atoms with van der Waals surface area (Å²) in [5.74, 6) is -0.907. The highest BCUT2D eigenvalue weighted by Crippen LogP contribution is 2.34. The highest BCUT2D eigenvalue weighted by atomic mass is 32.1. The monoisotopic (exact) mass is 212 g/mol. The Morgan fingerprint density at radius 3 is 3.00 bits per heavy atom. The van der Waals surface area contributed by atoms with Crippen LogP contribution in [0, 0.1) is 0 Å². The lowest BCUT2D eigenvalue weighted by atomic mass is 10.1. The summed E-state index contributed by atoms with van der Waals surface area (Å²) in [6.07, 6.45) is 0.911. The second-order valence-corrected chi connectivity index (χ2v) is 4.67. The molecule has 0 aliphatic carbocycles. The predicted molar refractivity (Wildman–Crippen MR) is 55.7 cm³/mol. The van der Waals surface area contributed by atoms with E-state index in [1.807, 2.05) is 7.05 Å². The number of thiophene rings is 1. The van der Waals surface area contributed by atoms with Gasteiger partial charge in [0.1, 0.15) is 5.00 Å². The highest BCUT2D eigenvalue weighted by molar-refractivity contribution is 7.16. The number of hydrogen-bond donors (Lipinski definition) is 2. The third kappa shape index (κ3) is 1.38. The van der Waals surface area contributed by atoms with Gasteiger partial charge >= 0.3 is 5.97 Å². The van der Waals surface area contributed by atoms with Crippen LogP contribution in [0.15, 0.2) is 0 Å². The molecule has 0 saturated heterocycles. The minimum absolute atomic E-state index is 0.316. The van der Waals surface area contributed by atoms with Crippen LogP contribution in [0.4, 0.5) is 5.00 Å². The van der Waals surface area contributed by atoms with Gasteiger partial charge in [-0.1, -0.05) is 0 Å². The van der Waals surface area contributed by atoms with Gasteiger partial charge in [-0.3, -0.25) is 0 Å². The molecule has 1 aliphatic heterocycles. The molecule has 4 nitrogen and oxygen atoms in total. The van der Waals surface area contributed by atoms with E-state index < -0.39 is 5.97 Å². The zero-order chi connectivity index (χ0) is 10.3. The molecule has 3 N–H and O–H groups in total. The van der Waals surface area contributed by atoms with E-state index in [0.29, 0.717) is 17.1 Å². The number of rotatable bonds is 1. The van der Waals surface area contributed by atoms with Crippen LogP contribution in [0.3, 0.4) is 0 Å². The van der Waals surface area contributed by atoms with Crippen LogP contribution >= 0.6 is 11.3 Å². The lowest BCUT2D eigenvalue weighted by Crippen LogP contribution is -2.26. The van der Waals surface area contributed by atoms with Crippen molar-refractivity contribution in [2.24, 2.45) is 0 Å². The van der Waals surface area contributed by atoms with Crippen molar-refractivity contribution in [2.45, 2.75) is 13.0 Å². The van der Waals surface area contributed by atoms with E-state index in [-0.39, 0.29) is 0 Å². The highest BCUT2D eigenvalue weighted by Gasteiger charge is 2.25. The Balaban J connectivity index is 2.50. The molecule has 1 aliphatic rings. The Bertz CT molecular complexity index is 386. The van der Waals surface area contributed by atoms with Crippen molar-refractivity contribution >= 4 is 22.3 Å². The maximum Gasteiger partial charge on any atom is 0.339 e. The van der Waals surface area contributed by atoms with E-state index in [0.717, 1.165) is 23.4 Å². The van der Waals surface area contributed by atoms with Crippen molar-refractivity contribution in [3.63, 3.8) is 0 Å². The first-order valence-electron chi connectivity index (χ1n) is 4.41. The molecule has 2 rings (SSSR count). The largest absolute Gasteiger partial charge is 0.478 e. The molecule has 1 aromatic rings. The molecule has 5 heteroatoms. The van der Waals surface area contributed by atoms with Gasteiger partial charge in [0, 0.05) is 18.0 Å². The number of fused-ring (bicyclic) bond motifs is 1. The SMILES string of the molecule is CN1CCc2sc(N)c(C(=O)O)c2C1. The summed E-state index contributed by atoms with van der Waals surface area (Å²) in [6, 6.07) is 0. The van der Waals surface area contributed by atoms with E-state index >= 15 is 0 Å². The van der Waals surface area contributed by atoms with Crippen LogP contribution < -0.4 is 5.73 Å². The zero-order valence-corrected chi connectivity index (χ0v) is 8.73. The van der Waals surface area contributed by atoms with Crippen molar-refractivity contribution in [3.05, 3.63) is 16.0 Å². The third-order valence-electron chi connectivity index (χ3n) is 2.48. The molecule has 0 atom stereocenters. The van der Waals surface area contributed by atoms with Crippen LogP contribution in [-0.4, -0.2) is 29.6 Å². The fourth-order valence-corrected chi connectivity index (χ4v) is 2.84. The lowest BCUT2D eigenvalue weighted by Gasteiger charge is -2.22. The number of nitrogens with two attached hydrogens (primary N) is 1. The van der Waals surface area contributed by atoms with Crippen molar-refractivity contribution < 1.29 is 9.90 Å². The number of nitrogens with zero attached hydrogens (tertiary/aromatic N) is 1. The van der Waals surface area contributed by atoms with Gasteiger partial charge in [-0.05, 0) is 19.0 Å². The lowest BCUT2D eigenvalue weighted by molar-refractivity contribution is 0.0696. The predicted octanol–water partition coefficient (Wildman–Crippen LogP) is 1.02.